The van der Waals surface area contributed by atoms with Gasteiger partial charge in [-0.25, -0.2) is 9.59 Å². The molecule has 0 unspecified atom stereocenters. The number of nitrogens with zero attached hydrogens (tertiary/aromatic N) is 1. The van der Waals surface area contributed by atoms with Gasteiger partial charge in [0.25, 0.3) is 0 Å². The van der Waals surface area contributed by atoms with Crippen molar-refractivity contribution in [2.24, 2.45) is 4.99 Å². The number of carbonyl (C=O) groups is 1. The predicted octanol–water partition coefficient (Wildman–Crippen LogP) is -0.578. The van der Waals surface area contributed by atoms with Gasteiger partial charge in [0.05, 0.1) is 6.61 Å². The number of hydrogen-bond donors (Lipinski definition) is 1. The average molecular weight is 145 g/mol. The van der Waals surface area contributed by atoms with Crippen molar-refractivity contribution in [2.45, 2.75) is 6.04 Å². The molecule has 1 atom stereocenters. The molecule has 0 saturated carbocycles. The summed E-state index contributed by atoms with van der Waals surface area (Å²) in [5.74, 6) is -1.19. The zero-order valence-electron chi connectivity index (χ0n) is 5.40. The van der Waals surface area contributed by atoms with E-state index in [2.05, 4.69) is 9.73 Å². The molecular formula is C5H7NO4. The Morgan fingerprint density at radius 1 is 1.90 bits per heavy atom. The standard InChI is InChI=1S/C5H7NO4/c1-10-2-4(5(8)9)6-3-7/h4H,2H2,1H3,(H,8,9)/t4-/m0/s1. The van der Waals surface area contributed by atoms with E-state index in [4.69, 9.17) is 5.11 Å². The molecule has 0 aromatic rings. The van der Waals surface area contributed by atoms with Gasteiger partial charge < -0.3 is 9.84 Å². The van der Waals surface area contributed by atoms with Crippen molar-refractivity contribution in [2.75, 3.05) is 13.7 Å². The predicted molar refractivity (Wildman–Crippen MR) is 31.4 cm³/mol. The second-order valence-electron chi connectivity index (χ2n) is 1.53. The highest BCUT2D eigenvalue weighted by Crippen LogP contribution is 1.89. The lowest BCUT2D eigenvalue weighted by Crippen LogP contribution is -2.22. The molecule has 0 bridgehead atoms. The Morgan fingerprint density at radius 3 is 2.80 bits per heavy atom. The molecule has 0 aliphatic heterocycles. The maximum atomic E-state index is 10.1. The molecule has 0 aliphatic rings. The van der Waals surface area contributed by atoms with E-state index in [1.807, 2.05) is 0 Å². The van der Waals surface area contributed by atoms with Crippen LogP contribution in [0.2, 0.25) is 0 Å². The maximum absolute atomic E-state index is 10.1. The number of carboxylic acid groups (broad SMARTS) is 1. The van der Waals surface area contributed by atoms with Crippen LogP contribution in [0.3, 0.4) is 0 Å². The highest BCUT2D eigenvalue weighted by Gasteiger charge is 2.14. The summed E-state index contributed by atoms with van der Waals surface area (Å²) in [4.78, 5) is 22.7. The second kappa shape index (κ2) is 4.67. The van der Waals surface area contributed by atoms with E-state index in [9.17, 15) is 9.59 Å². The minimum atomic E-state index is -1.19. The van der Waals surface area contributed by atoms with Crippen molar-refractivity contribution in [1.29, 1.82) is 0 Å². The van der Waals surface area contributed by atoms with E-state index < -0.39 is 12.0 Å². The molecule has 0 rings (SSSR count). The quantitative estimate of drug-likeness (QED) is 0.424. The third kappa shape index (κ3) is 2.96. The van der Waals surface area contributed by atoms with Crippen LogP contribution in [0.15, 0.2) is 4.99 Å². The summed E-state index contributed by atoms with van der Waals surface area (Å²) in [6.45, 7) is -0.107. The fourth-order valence-corrected chi connectivity index (χ4v) is 0.385. The third-order valence-corrected chi connectivity index (χ3v) is 0.818. The van der Waals surface area contributed by atoms with Crippen LogP contribution in [0.4, 0.5) is 0 Å². The summed E-state index contributed by atoms with van der Waals surface area (Å²) in [5, 5.41) is 8.28. The number of aliphatic imine (C=N–C) groups is 1. The molecule has 5 heteroatoms. The first-order valence-electron chi connectivity index (χ1n) is 2.51. The van der Waals surface area contributed by atoms with Gasteiger partial charge in [-0.1, -0.05) is 0 Å². The highest BCUT2D eigenvalue weighted by molar-refractivity contribution is 5.74. The minimum Gasteiger partial charge on any atom is -0.480 e. The molecule has 56 valence electrons. The fourth-order valence-electron chi connectivity index (χ4n) is 0.385. The molecular weight excluding hydrogens is 138 g/mol. The molecule has 1 N–H and O–H groups in total. The summed E-state index contributed by atoms with van der Waals surface area (Å²) >= 11 is 0. The Hall–Kier alpha value is -1.19. The lowest BCUT2D eigenvalue weighted by molar-refractivity contribution is -0.139. The normalized spacial score (nSPS) is 11.7. The molecule has 5 nitrogen and oxygen atoms in total. The summed E-state index contributed by atoms with van der Waals surface area (Å²) in [7, 11) is 1.33. The molecule has 10 heavy (non-hydrogen) atoms. The highest BCUT2D eigenvalue weighted by atomic mass is 16.5. The van der Waals surface area contributed by atoms with Gasteiger partial charge in [0.2, 0.25) is 6.08 Å². The van der Waals surface area contributed by atoms with Gasteiger partial charge in [0.15, 0.2) is 6.04 Å². The number of aliphatic carboxylic acids is 1. The van der Waals surface area contributed by atoms with Crippen LogP contribution in [0, 0.1) is 0 Å². The Balaban J connectivity index is 3.97. The molecule has 0 aromatic heterocycles. The average Bonchev–Trinajstić information content (AvgIpc) is 1.87. The Kier molecular flexibility index (Phi) is 4.11. The topological polar surface area (TPSA) is 76.0 Å². The van der Waals surface area contributed by atoms with Crippen molar-refractivity contribution >= 4 is 12.0 Å². The molecule has 0 aliphatic carbocycles. The minimum absolute atomic E-state index is 0.107. The Bertz CT molecular complexity index is 159. The van der Waals surface area contributed by atoms with Gasteiger partial charge in [-0.2, -0.15) is 4.99 Å². The van der Waals surface area contributed by atoms with Gasteiger partial charge in [-0.15, -0.1) is 0 Å². The van der Waals surface area contributed by atoms with Crippen LogP contribution in [0.25, 0.3) is 0 Å². The number of methoxy groups -OCH3 is 1. The molecule has 0 saturated heterocycles. The largest absolute Gasteiger partial charge is 0.480 e. The van der Waals surface area contributed by atoms with Crippen LogP contribution in [-0.2, 0) is 14.3 Å². The lowest BCUT2D eigenvalue weighted by Gasteiger charge is -2.00. The van der Waals surface area contributed by atoms with Crippen LogP contribution in [0.5, 0.6) is 0 Å². The van der Waals surface area contributed by atoms with Gasteiger partial charge in [0.1, 0.15) is 0 Å². The van der Waals surface area contributed by atoms with Crippen LogP contribution < -0.4 is 0 Å². The first-order valence-corrected chi connectivity index (χ1v) is 2.51. The van der Waals surface area contributed by atoms with E-state index in [-0.39, 0.29) is 6.61 Å². The maximum Gasteiger partial charge on any atom is 0.331 e. The second-order valence-corrected chi connectivity index (χ2v) is 1.53. The first-order chi connectivity index (χ1) is 4.72. The van der Waals surface area contributed by atoms with Crippen LogP contribution >= 0.6 is 0 Å². The Labute approximate surface area is 57.3 Å². The zero-order chi connectivity index (χ0) is 7.98. The van der Waals surface area contributed by atoms with Gasteiger partial charge in [0, 0.05) is 7.11 Å². The SMILES string of the molecule is COC[C@H](N=C=O)C(=O)O. The number of ether oxygens (including phenoxy) is 1. The molecule has 0 amide bonds. The third-order valence-electron chi connectivity index (χ3n) is 0.818. The first kappa shape index (κ1) is 8.81. The van der Waals surface area contributed by atoms with Crippen molar-refractivity contribution in [1.82, 2.24) is 0 Å². The summed E-state index contributed by atoms with van der Waals surface area (Å²) in [5.41, 5.74) is 0. The van der Waals surface area contributed by atoms with E-state index in [0.29, 0.717) is 0 Å². The fraction of sp³-hybridized carbons (Fsp3) is 0.600. The van der Waals surface area contributed by atoms with Crippen LogP contribution in [0.1, 0.15) is 0 Å². The smallest absolute Gasteiger partial charge is 0.331 e. The van der Waals surface area contributed by atoms with Crippen molar-refractivity contribution in [3.8, 4) is 0 Å². The summed E-state index contributed by atoms with van der Waals surface area (Å²) in [6.07, 6.45) is 1.15. The van der Waals surface area contributed by atoms with Gasteiger partial charge >= 0.3 is 5.97 Å². The lowest BCUT2D eigenvalue weighted by atomic mass is 10.3. The van der Waals surface area contributed by atoms with Crippen molar-refractivity contribution in [3.63, 3.8) is 0 Å². The van der Waals surface area contributed by atoms with Gasteiger partial charge in [-0.05, 0) is 0 Å². The molecule has 0 spiro atoms. The van der Waals surface area contributed by atoms with E-state index in [0.717, 1.165) is 6.08 Å². The van der Waals surface area contributed by atoms with E-state index >= 15 is 0 Å². The monoisotopic (exact) mass is 145 g/mol. The van der Waals surface area contributed by atoms with Crippen LogP contribution in [-0.4, -0.2) is 36.9 Å². The molecule has 0 aromatic carbocycles. The number of hydrogen-bond acceptors (Lipinski definition) is 4. The number of carbonyl (C=O) groups excluding carboxylic acids is 1. The number of carboxylic acids is 1. The zero-order valence-corrected chi connectivity index (χ0v) is 5.40. The van der Waals surface area contributed by atoms with E-state index in [1.165, 1.54) is 7.11 Å². The number of rotatable bonds is 4. The molecule has 0 heterocycles. The molecule has 0 fully saturated rings. The Morgan fingerprint density at radius 2 is 2.50 bits per heavy atom. The van der Waals surface area contributed by atoms with E-state index in [1.54, 1.807) is 0 Å². The summed E-state index contributed by atoms with van der Waals surface area (Å²) < 4.78 is 4.46. The van der Waals surface area contributed by atoms with Crippen molar-refractivity contribution in [3.05, 3.63) is 0 Å². The van der Waals surface area contributed by atoms with Crippen molar-refractivity contribution < 1.29 is 19.4 Å². The van der Waals surface area contributed by atoms with Gasteiger partial charge in [-0.3, -0.25) is 0 Å². The summed E-state index contributed by atoms with van der Waals surface area (Å²) in [6, 6.07) is -1.12. The number of isocyanates is 1. The molecule has 0 radical (unpaired) electrons.